The van der Waals surface area contributed by atoms with Gasteiger partial charge in [0, 0.05) is 79.7 Å². The lowest BCUT2D eigenvalue weighted by Crippen LogP contribution is -2.43. The molecule has 1 fully saturated rings. The summed E-state index contributed by atoms with van der Waals surface area (Å²) in [6.07, 6.45) is 9.61. The number of fused-ring (bicyclic) bond motifs is 1. The van der Waals surface area contributed by atoms with Crippen LogP contribution in [0.25, 0.3) is 16.5 Å². The van der Waals surface area contributed by atoms with Crippen molar-refractivity contribution in [3.05, 3.63) is 99.4 Å². The number of likely N-dealkylation sites (N-methyl/N-ethyl adjacent to an activating group) is 1. The number of carbonyl (C=O) groups is 2. The monoisotopic (exact) mass is 625 g/mol. The normalized spacial score (nSPS) is 14.4. The van der Waals surface area contributed by atoms with Crippen LogP contribution in [0, 0.1) is 6.92 Å². The molecule has 0 atom stereocenters. The van der Waals surface area contributed by atoms with E-state index in [2.05, 4.69) is 68.3 Å². The highest BCUT2D eigenvalue weighted by atomic mass is 16.2. The average Bonchev–Trinajstić information content (AvgIpc) is 3.45. The molecule has 0 aliphatic carbocycles. The number of nitrogens with zero attached hydrogens (tertiary/aromatic N) is 4. The van der Waals surface area contributed by atoms with Crippen LogP contribution in [-0.4, -0.2) is 77.7 Å². The molecule has 0 unspecified atom stereocenters. The fourth-order valence-electron chi connectivity index (χ4n) is 5.76. The fourth-order valence-corrected chi connectivity index (χ4v) is 5.76. The van der Waals surface area contributed by atoms with Crippen LogP contribution in [0.3, 0.4) is 0 Å². The Hall–Kier alpha value is -4.70. The predicted octanol–water partition coefficient (Wildman–Crippen LogP) is 4.41. The van der Waals surface area contributed by atoms with E-state index in [0.29, 0.717) is 30.6 Å². The van der Waals surface area contributed by atoms with Gasteiger partial charge in [-0.05, 0) is 93.6 Å². The zero-order valence-electron chi connectivity index (χ0n) is 27.6. The molecule has 1 aliphatic heterocycles. The maximum Gasteiger partial charge on any atom is 0.253 e. The van der Waals surface area contributed by atoms with Crippen LogP contribution in [-0.2, 0) is 24.3 Å². The Morgan fingerprint density at radius 1 is 1.11 bits per heavy atom. The van der Waals surface area contributed by atoms with Gasteiger partial charge in [-0.3, -0.25) is 14.4 Å². The Bertz CT molecular complexity index is 1700. The maximum absolute atomic E-state index is 13.8. The molecule has 1 aromatic carbocycles. The smallest absolute Gasteiger partial charge is 0.253 e. The lowest BCUT2D eigenvalue weighted by Gasteiger charge is -2.33. The minimum absolute atomic E-state index is 0.135. The van der Waals surface area contributed by atoms with Gasteiger partial charge in [-0.1, -0.05) is 26.0 Å². The molecule has 0 saturated carbocycles. The molecule has 0 bridgehead atoms. The molecule has 3 aromatic rings. The van der Waals surface area contributed by atoms with Gasteiger partial charge in [0.2, 0.25) is 5.91 Å². The van der Waals surface area contributed by atoms with Crippen LogP contribution in [0.15, 0.2) is 70.9 Å². The van der Waals surface area contributed by atoms with E-state index in [0.717, 1.165) is 78.1 Å². The standard InChI is InChI=1S/C36H47N7O3/c1-7-10-27-21-26(4)40-36(46)31(27)24-39-35(45)30-22-28(25(3)11-12-33(37-5)43-19-17-41(6)18-20-43)23-32-29(30)13-16-42(32)15-9-14-38-34(44)8-2/h8,11-13,16,21-23H,2,5,7,9-10,14-15,17-20,24H2,1,3-4,6H3,(H,38,44)(H,39,45)(H,40,46)/b25-11+,33-12+. The SMILES string of the molecule is C=CC(=O)NCCCn1ccc2c(C(=O)NCc3c(CCC)cc(C)[nH]c3=O)cc(/C(C)=C/C=C(\N=C)N3CCN(C)CC3)cc21. The van der Waals surface area contributed by atoms with Crippen LogP contribution in [0.4, 0.5) is 0 Å². The number of rotatable bonds is 14. The van der Waals surface area contributed by atoms with E-state index in [1.54, 1.807) is 0 Å². The van der Waals surface area contributed by atoms with Crippen LogP contribution in [0.5, 0.6) is 0 Å². The quantitative estimate of drug-likeness (QED) is 0.106. The highest BCUT2D eigenvalue weighted by Gasteiger charge is 2.18. The van der Waals surface area contributed by atoms with Crippen LogP contribution in [0.2, 0.25) is 0 Å². The van der Waals surface area contributed by atoms with Gasteiger partial charge in [-0.15, -0.1) is 0 Å². The third-order valence-electron chi connectivity index (χ3n) is 8.43. The van der Waals surface area contributed by atoms with Gasteiger partial charge in [0.25, 0.3) is 11.5 Å². The first-order valence-corrected chi connectivity index (χ1v) is 16.0. The van der Waals surface area contributed by atoms with Crippen LogP contribution >= 0.6 is 0 Å². The number of H-pyrrole nitrogens is 1. The summed E-state index contributed by atoms with van der Waals surface area (Å²) in [4.78, 5) is 50.0. The molecule has 10 heteroatoms. The van der Waals surface area contributed by atoms with Gasteiger partial charge in [-0.2, -0.15) is 0 Å². The highest BCUT2D eigenvalue weighted by molar-refractivity contribution is 6.07. The maximum atomic E-state index is 13.8. The molecule has 3 N–H and O–H groups in total. The number of pyridine rings is 1. The van der Waals surface area contributed by atoms with E-state index in [9.17, 15) is 14.4 Å². The van der Waals surface area contributed by atoms with E-state index in [4.69, 9.17) is 0 Å². The molecule has 0 spiro atoms. The van der Waals surface area contributed by atoms with Crippen molar-refractivity contribution in [2.75, 3.05) is 39.8 Å². The van der Waals surface area contributed by atoms with Crippen molar-refractivity contribution in [2.45, 2.75) is 53.1 Å². The number of aliphatic imine (C=N–C) groups is 1. The summed E-state index contributed by atoms with van der Waals surface area (Å²) in [5.74, 6) is 0.369. The number of aryl methyl sites for hydroxylation is 3. The fraction of sp³-hybridized carbons (Fsp3) is 0.389. The molecule has 2 amide bonds. The van der Waals surface area contributed by atoms with Gasteiger partial charge in [-0.25, -0.2) is 4.99 Å². The highest BCUT2D eigenvalue weighted by Crippen LogP contribution is 2.27. The number of benzene rings is 1. The zero-order valence-corrected chi connectivity index (χ0v) is 27.6. The molecule has 3 heterocycles. The molecular formula is C36H47N7O3. The van der Waals surface area contributed by atoms with Crippen molar-refractivity contribution in [1.82, 2.24) is 30.0 Å². The summed E-state index contributed by atoms with van der Waals surface area (Å²) >= 11 is 0. The van der Waals surface area contributed by atoms with E-state index >= 15 is 0 Å². The number of hydrogen-bond donors (Lipinski definition) is 3. The molecule has 0 radical (unpaired) electrons. The second-order valence-corrected chi connectivity index (χ2v) is 11.9. The number of aromatic amines is 1. The number of hydrogen-bond acceptors (Lipinski definition) is 6. The van der Waals surface area contributed by atoms with Gasteiger partial charge in [0.1, 0.15) is 5.82 Å². The van der Waals surface area contributed by atoms with Crippen molar-refractivity contribution < 1.29 is 9.59 Å². The van der Waals surface area contributed by atoms with E-state index in [1.165, 1.54) is 6.08 Å². The number of nitrogens with one attached hydrogen (secondary N) is 3. The Labute approximate surface area is 271 Å². The second-order valence-electron chi connectivity index (χ2n) is 11.9. The average molecular weight is 626 g/mol. The van der Waals surface area contributed by atoms with Crippen molar-refractivity contribution in [3.63, 3.8) is 0 Å². The Balaban J connectivity index is 1.67. The van der Waals surface area contributed by atoms with E-state index < -0.39 is 0 Å². The second kappa shape index (κ2) is 16.0. The summed E-state index contributed by atoms with van der Waals surface area (Å²) in [6.45, 7) is 18.3. The predicted molar refractivity (Wildman–Crippen MR) is 187 cm³/mol. The number of allylic oxidation sites excluding steroid dienone is 3. The Morgan fingerprint density at radius 2 is 1.87 bits per heavy atom. The molecule has 10 nitrogen and oxygen atoms in total. The first-order chi connectivity index (χ1) is 22.1. The van der Waals surface area contributed by atoms with Crippen LogP contribution in [0.1, 0.15) is 59.4 Å². The first-order valence-electron chi connectivity index (χ1n) is 16.0. The Morgan fingerprint density at radius 3 is 2.57 bits per heavy atom. The largest absolute Gasteiger partial charge is 0.354 e. The van der Waals surface area contributed by atoms with Crippen molar-refractivity contribution >= 4 is 35.0 Å². The third-order valence-corrected chi connectivity index (χ3v) is 8.43. The summed E-state index contributed by atoms with van der Waals surface area (Å²) in [5.41, 5.74) is 5.49. The molecule has 2 aromatic heterocycles. The first kappa shape index (κ1) is 34.2. The molecule has 4 rings (SSSR count). The topological polar surface area (TPSA) is 115 Å². The zero-order chi connectivity index (χ0) is 33.2. The molecular weight excluding hydrogens is 578 g/mol. The summed E-state index contributed by atoms with van der Waals surface area (Å²) < 4.78 is 2.10. The molecule has 46 heavy (non-hydrogen) atoms. The van der Waals surface area contributed by atoms with Crippen molar-refractivity contribution in [1.29, 1.82) is 0 Å². The van der Waals surface area contributed by atoms with Crippen molar-refractivity contribution in [3.8, 4) is 0 Å². The lowest BCUT2D eigenvalue weighted by atomic mass is 9.99. The van der Waals surface area contributed by atoms with Gasteiger partial charge < -0.3 is 30.0 Å². The molecule has 1 saturated heterocycles. The number of piperazine rings is 1. The van der Waals surface area contributed by atoms with Crippen molar-refractivity contribution in [2.24, 2.45) is 4.99 Å². The molecule has 1 aliphatic rings. The summed E-state index contributed by atoms with van der Waals surface area (Å²) in [7, 11) is 2.12. The minimum atomic E-state index is -0.250. The summed E-state index contributed by atoms with van der Waals surface area (Å²) in [6, 6.07) is 7.94. The number of aromatic nitrogens is 2. The van der Waals surface area contributed by atoms with E-state index in [1.807, 2.05) is 50.4 Å². The van der Waals surface area contributed by atoms with Crippen LogP contribution < -0.4 is 16.2 Å². The summed E-state index contributed by atoms with van der Waals surface area (Å²) in [5, 5.41) is 6.66. The number of amides is 2. The number of carbonyl (C=O) groups excluding carboxylic acids is 2. The van der Waals surface area contributed by atoms with Gasteiger partial charge in [0.05, 0.1) is 0 Å². The lowest BCUT2D eigenvalue weighted by molar-refractivity contribution is -0.116. The minimum Gasteiger partial charge on any atom is -0.354 e. The third kappa shape index (κ3) is 8.51. The van der Waals surface area contributed by atoms with Gasteiger partial charge in [0.15, 0.2) is 0 Å². The molecule has 244 valence electrons. The van der Waals surface area contributed by atoms with Gasteiger partial charge >= 0.3 is 0 Å². The van der Waals surface area contributed by atoms with E-state index in [-0.39, 0.29) is 23.9 Å². The Kier molecular flexibility index (Phi) is 11.9.